The summed E-state index contributed by atoms with van der Waals surface area (Å²) in [7, 11) is 0. The number of nitrogens with one attached hydrogen (secondary N) is 2. The summed E-state index contributed by atoms with van der Waals surface area (Å²) in [6.45, 7) is 2.68. The van der Waals surface area contributed by atoms with Crippen molar-refractivity contribution in [2.75, 3.05) is 11.4 Å². The predicted molar refractivity (Wildman–Crippen MR) is 115 cm³/mol. The molecule has 0 saturated carbocycles. The van der Waals surface area contributed by atoms with E-state index in [1.54, 1.807) is 60.4 Å². The topological polar surface area (TPSA) is 113 Å². The predicted octanol–water partition coefficient (Wildman–Crippen LogP) is 1.62. The summed E-state index contributed by atoms with van der Waals surface area (Å²) in [6, 6.07) is 13.3. The summed E-state index contributed by atoms with van der Waals surface area (Å²) in [5.74, 6) is -1.15. The van der Waals surface area contributed by atoms with Crippen molar-refractivity contribution in [1.82, 2.24) is 20.6 Å². The molecule has 0 unspecified atom stereocenters. The number of hydrogen-bond donors (Lipinski definition) is 2. The second-order valence-electron chi connectivity index (χ2n) is 7.12. The molecule has 4 rings (SSSR count). The maximum absolute atomic E-state index is 12.7. The van der Waals surface area contributed by atoms with Gasteiger partial charge in [0.1, 0.15) is 0 Å². The number of hydrazine groups is 1. The molecule has 0 atom stereocenters. The van der Waals surface area contributed by atoms with Crippen molar-refractivity contribution in [3.63, 3.8) is 0 Å². The summed E-state index contributed by atoms with van der Waals surface area (Å²) >= 11 is 0. The highest BCUT2D eigenvalue weighted by Gasteiger charge is 2.22. The molecule has 1 aliphatic heterocycles. The molecule has 31 heavy (non-hydrogen) atoms. The van der Waals surface area contributed by atoms with Gasteiger partial charge in [-0.05, 0) is 37.6 Å². The second kappa shape index (κ2) is 8.39. The summed E-state index contributed by atoms with van der Waals surface area (Å²) in [5.41, 5.74) is 5.43. The van der Waals surface area contributed by atoms with E-state index >= 15 is 0 Å². The molecule has 0 spiro atoms. The highest BCUT2D eigenvalue weighted by atomic mass is 16.2. The fraction of sp³-hybridized carbons (Fsp3) is 0.227. The lowest BCUT2D eigenvalue weighted by molar-refractivity contribution is -0.117. The average Bonchev–Trinajstić information content (AvgIpc) is 3.23. The summed E-state index contributed by atoms with van der Waals surface area (Å²) < 4.78 is 1.20. The third-order valence-corrected chi connectivity index (χ3v) is 5.17. The zero-order valence-corrected chi connectivity index (χ0v) is 16.9. The molecule has 0 aliphatic carbocycles. The van der Waals surface area contributed by atoms with Crippen LogP contribution < -0.4 is 21.3 Å². The van der Waals surface area contributed by atoms with Crippen LogP contribution in [0.5, 0.6) is 0 Å². The van der Waals surface area contributed by atoms with Gasteiger partial charge in [-0.3, -0.25) is 30.0 Å². The van der Waals surface area contributed by atoms with Crippen LogP contribution in [-0.4, -0.2) is 34.0 Å². The Hall–Kier alpha value is -4.01. The third-order valence-electron chi connectivity index (χ3n) is 5.17. The minimum absolute atomic E-state index is 0.0230. The number of aromatic nitrogens is 2. The molecule has 2 heterocycles. The minimum atomic E-state index is -0.641. The maximum Gasteiger partial charge on any atom is 0.290 e. The van der Waals surface area contributed by atoms with Crippen molar-refractivity contribution < 1.29 is 14.4 Å². The molecule has 9 heteroatoms. The molecule has 2 N–H and O–H groups in total. The number of carbonyl (C=O) groups excluding carboxylic acids is 3. The summed E-state index contributed by atoms with van der Waals surface area (Å²) in [6.07, 6.45) is 1.28. The first-order valence-corrected chi connectivity index (χ1v) is 10.0. The third kappa shape index (κ3) is 3.89. The monoisotopic (exact) mass is 419 g/mol. The van der Waals surface area contributed by atoms with E-state index < -0.39 is 11.8 Å². The number of aryl methyl sites for hydroxylation is 1. The van der Waals surface area contributed by atoms with Crippen molar-refractivity contribution in [3.05, 3.63) is 70.1 Å². The Labute approximate surface area is 177 Å². The summed E-state index contributed by atoms with van der Waals surface area (Å²) in [5, 5.41) is 4.92. The largest absolute Gasteiger partial charge is 0.312 e. The molecule has 1 aromatic heterocycles. The number of anilines is 1. The zero-order chi connectivity index (χ0) is 22.0. The first-order valence-electron chi connectivity index (χ1n) is 10.0. The van der Waals surface area contributed by atoms with E-state index in [0.717, 1.165) is 6.42 Å². The fourth-order valence-electron chi connectivity index (χ4n) is 3.60. The van der Waals surface area contributed by atoms with Crippen molar-refractivity contribution in [3.8, 4) is 0 Å². The SMILES string of the molecule is CCn1nc(C(=O)NNC(=O)c2cccc(N3CCCC3=O)c2)c2ccccc2c1=O. The van der Waals surface area contributed by atoms with Gasteiger partial charge in [-0.25, -0.2) is 4.68 Å². The van der Waals surface area contributed by atoms with Crippen LogP contribution >= 0.6 is 0 Å². The van der Waals surface area contributed by atoms with E-state index in [2.05, 4.69) is 16.0 Å². The lowest BCUT2D eigenvalue weighted by atomic mass is 10.1. The van der Waals surface area contributed by atoms with E-state index in [4.69, 9.17) is 0 Å². The Morgan fingerprint density at radius 2 is 1.74 bits per heavy atom. The number of fused-ring (bicyclic) bond motifs is 1. The van der Waals surface area contributed by atoms with Crippen LogP contribution in [0.1, 0.15) is 40.6 Å². The van der Waals surface area contributed by atoms with Gasteiger partial charge in [-0.15, -0.1) is 0 Å². The number of benzene rings is 2. The van der Waals surface area contributed by atoms with Gasteiger partial charge in [0.15, 0.2) is 5.69 Å². The number of amides is 3. The second-order valence-corrected chi connectivity index (χ2v) is 7.12. The number of hydrogen-bond acceptors (Lipinski definition) is 5. The summed E-state index contributed by atoms with van der Waals surface area (Å²) in [4.78, 5) is 51.3. The van der Waals surface area contributed by atoms with E-state index in [9.17, 15) is 19.2 Å². The van der Waals surface area contributed by atoms with Crippen LogP contribution in [0.2, 0.25) is 0 Å². The molecule has 3 amide bonds. The highest BCUT2D eigenvalue weighted by Crippen LogP contribution is 2.22. The zero-order valence-electron chi connectivity index (χ0n) is 16.9. The number of carbonyl (C=O) groups is 3. The first-order chi connectivity index (χ1) is 15.0. The highest BCUT2D eigenvalue weighted by molar-refractivity contribution is 6.06. The van der Waals surface area contributed by atoms with E-state index in [0.29, 0.717) is 41.5 Å². The van der Waals surface area contributed by atoms with E-state index in [-0.39, 0.29) is 17.2 Å². The molecular weight excluding hydrogens is 398 g/mol. The molecule has 1 aliphatic rings. The van der Waals surface area contributed by atoms with Crippen LogP contribution in [0.3, 0.4) is 0 Å². The van der Waals surface area contributed by atoms with Crippen molar-refractivity contribution in [2.45, 2.75) is 26.3 Å². The number of rotatable bonds is 4. The van der Waals surface area contributed by atoms with Crippen molar-refractivity contribution in [2.24, 2.45) is 0 Å². The average molecular weight is 419 g/mol. The quantitative estimate of drug-likeness (QED) is 0.624. The number of nitrogens with zero attached hydrogens (tertiary/aromatic N) is 3. The van der Waals surface area contributed by atoms with Gasteiger partial charge in [0.05, 0.1) is 5.39 Å². The van der Waals surface area contributed by atoms with Gasteiger partial charge in [0, 0.05) is 36.1 Å². The molecule has 1 fully saturated rings. The van der Waals surface area contributed by atoms with Gasteiger partial charge in [0.2, 0.25) is 5.91 Å². The first kappa shape index (κ1) is 20.3. The van der Waals surface area contributed by atoms with Crippen molar-refractivity contribution >= 4 is 34.2 Å². The maximum atomic E-state index is 12.7. The molecule has 0 bridgehead atoms. The molecule has 2 aromatic carbocycles. The van der Waals surface area contributed by atoms with Gasteiger partial charge in [-0.1, -0.05) is 24.3 Å². The van der Waals surface area contributed by atoms with E-state index in [1.807, 2.05) is 0 Å². The molecule has 1 saturated heterocycles. The van der Waals surface area contributed by atoms with Crippen LogP contribution in [0.4, 0.5) is 5.69 Å². The van der Waals surface area contributed by atoms with Crippen LogP contribution in [-0.2, 0) is 11.3 Å². The van der Waals surface area contributed by atoms with Crippen molar-refractivity contribution in [1.29, 1.82) is 0 Å². The van der Waals surface area contributed by atoms with Gasteiger partial charge < -0.3 is 4.90 Å². The van der Waals surface area contributed by atoms with Crippen LogP contribution in [0.25, 0.3) is 10.8 Å². The molecule has 3 aromatic rings. The van der Waals surface area contributed by atoms with Gasteiger partial charge >= 0.3 is 0 Å². The van der Waals surface area contributed by atoms with Gasteiger partial charge in [-0.2, -0.15) is 5.10 Å². The molecule has 9 nitrogen and oxygen atoms in total. The van der Waals surface area contributed by atoms with E-state index in [1.165, 1.54) is 4.68 Å². The lowest BCUT2D eigenvalue weighted by Gasteiger charge is -2.16. The van der Waals surface area contributed by atoms with Gasteiger partial charge in [0.25, 0.3) is 17.4 Å². The minimum Gasteiger partial charge on any atom is -0.312 e. The lowest BCUT2D eigenvalue weighted by Crippen LogP contribution is -2.42. The Morgan fingerprint density at radius 3 is 2.45 bits per heavy atom. The Morgan fingerprint density at radius 1 is 1.00 bits per heavy atom. The Kier molecular flexibility index (Phi) is 5.48. The van der Waals surface area contributed by atoms with Crippen LogP contribution in [0, 0.1) is 0 Å². The molecular formula is C22H21N5O4. The molecule has 158 valence electrons. The van der Waals surface area contributed by atoms with Crippen LogP contribution in [0.15, 0.2) is 53.3 Å². The Bertz CT molecular complexity index is 1250. The fourth-order valence-corrected chi connectivity index (χ4v) is 3.60. The normalized spacial score (nSPS) is 13.5. The smallest absolute Gasteiger partial charge is 0.290 e. The Balaban J connectivity index is 1.53. The molecule has 0 radical (unpaired) electrons. The standard InChI is InChI=1S/C22H21N5O4/c1-2-27-22(31)17-10-4-3-9-16(17)19(25-27)21(30)24-23-20(29)14-7-5-8-15(13-14)26-12-6-11-18(26)28/h3-5,7-10,13H,2,6,11-12H2,1H3,(H,23,29)(H,24,30).